The number of carbonyl (C=O) groups excluding carboxylic acids is 1. The van der Waals surface area contributed by atoms with Crippen molar-refractivity contribution in [1.82, 2.24) is 5.32 Å². The maximum absolute atomic E-state index is 11.7. The molecule has 0 aromatic carbocycles. The fraction of sp³-hybridized carbons (Fsp3) is 0.929. The summed E-state index contributed by atoms with van der Waals surface area (Å²) in [5.41, 5.74) is -0.458. The third kappa shape index (κ3) is 4.48. The fourth-order valence-electron chi connectivity index (χ4n) is 2.38. The highest BCUT2D eigenvalue weighted by atomic mass is 16.6. The predicted octanol–water partition coefficient (Wildman–Crippen LogP) is 3.10. The first-order chi connectivity index (χ1) is 8.23. The number of rotatable bonds is 2. The van der Waals surface area contributed by atoms with E-state index in [1.165, 1.54) is 0 Å². The van der Waals surface area contributed by atoms with E-state index in [-0.39, 0.29) is 18.2 Å². The van der Waals surface area contributed by atoms with E-state index in [0.717, 1.165) is 12.8 Å². The lowest BCUT2D eigenvalue weighted by atomic mass is 9.89. The second-order valence-corrected chi connectivity index (χ2v) is 6.25. The molecule has 0 spiro atoms. The molecule has 1 amide bonds. The van der Waals surface area contributed by atoms with E-state index in [0.29, 0.717) is 12.0 Å². The Morgan fingerprint density at radius 3 is 2.50 bits per heavy atom. The highest BCUT2D eigenvalue weighted by Gasteiger charge is 2.34. The topological polar surface area (TPSA) is 47.6 Å². The van der Waals surface area contributed by atoms with Crippen LogP contribution in [0, 0.1) is 5.92 Å². The van der Waals surface area contributed by atoms with Gasteiger partial charge in [-0.3, -0.25) is 0 Å². The van der Waals surface area contributed by atoms with Crippen molar-refractivity contribution in [2.24, 2.45) is 5.92 Å². The van der Waals surface area contributed by atoms with E-state index >= 15 is 0 Å². The van der Waals surface area contributed by atoms with E-state index in [9.17, 15) is 4.79 Å². The summed E-state index contributed by atoms with van der Waals surface area (Å²) in [5.74, 6) is 0.464. The number of carbonyl (C=O) groups is 1. The van der Waals surface area contributed by atoms with Gasteiger partial charge in [0.05, 0.1) is 18.2 Å². The number of hydrogen-bond donors (Lipinski definition) is 1. The number of nitrogens with one attached hydrogen (secondary N) is 1. The van der Waals surface area contributed by atoms with Crippen LogP contribution in [0.25, 0.3) is 0 Å². The maximum atomic E-state index is 11.7. The van der Waals surface area contributed by atoms with Crippen LogP contribution in [0.1, 0.15) is 54.4 Å². The molecule has 0 aliphatic carbocycles. The van der Waals surface area contributed by atoms with Gasteiger partial charge in [0, 0.05) is 0 Å². The predicted molar refractivity (Wildman–Crippen MR) is 71.6 cm³/mol. The van der Waals surface area contributed by atoms with Crippen LogP contribution in [0.3, 0.4) is 0 Å². The molecule has 4 atom stereocenters. The Hall–Kier alpha value is -0.770. The Labute approximate surface area is 110 Å². The number of hydrogen-bond acceptors (Lipinski definition) is 3. The monoisotopic (exact) mass is 257 g/mol. The second kappa shape index (κ2) is 5.91. The van der Waals surface area contributed by atoms with Gasteiger partial charge < -0.3 is 14.8 Å². The molecule has 1 rings (SSSR count). The molecule has 1 heterocycles. The third-order valence-electron chi connectivity index (χ3n) is 3.32. The summed E-state index contributed by atoms with van der Waals surface area (Å²) in [6.07, 6.45) is 1.95. The minimum atomic E-state index is -0.458. The lowest BCUT2D eigenvalue weighted by molar-refractivity contribution is -0.0890. The Morgan fingerprint density at radius 2 is 2.00 bits per heavy atom. The van der Waals surface area contributed by atoms with Gasteiger partial charge in [0.25, 0.3) is 0 Å². The molecule has 4 heteroatoms. The van der Waals surface area contributed by atoms with Gasteiger partial charge in [0.2, 0.25) is 0 Å². The van der Waals surface area contributed by atoms with E-state index in [1.54, 1.807) is 0 Å². The van der Waals surface area contributed by atoms with Crippen LogP contribution < -0.4 is 5.32 Å². The molecular formula is C14H27NO3. The van der Waals surface area contributed by atoms with Crippen molar-refractivity contribution in [2.45, 2.75) is 78.2 Å². The van der Waals surface area contributed by atoms with Gasteiger partial charge in [0.1, 0.15) is 5.60 Å². The van der Waals surface area contributed by atoms with Crippen molar-refractivity contribution >= 4 is 6.09 Å². The summed E-state index contributed by atoms with van der Waals surface area (Å²) in [6.45, 7) is 11.9. The van der Waals surface area contributed by atoms with Gasteiger partial charge in [-0.25, -0.2) is 4.79 Å². The van der Waals surface area contributed by atoms with Crippen LogP contribution in [0.5, 0.6) is 0 Å². The van der Waals surface area contributed by atoms with Crippen molar-refractivity contribution in [3.63, 3.8) is 0 Å². The molecule has 18 heavy (non-hydrogen) atoms. The molecule has 106 valence electrons. The lowest BCUT2D eigenvalue weighted by Crippen LogP contribution is -2.51. The SMILES string of the molecule is CC[C@@H]1O[C@H](C)[C@H](NC(=O)OC(C)(C)C)C[C@@H]1C. The maximum Gasteiger partial charge on any atom is 0.407 e. The molecular weight excluding hydrogens is 230 g/mol. The fourth-order valence-corrected chi connectivity index (χ4v) is 2.38. The van der Waals surface area contributed by atoms with Gasteiger partial charge in [-0.05, 0) is 46.5 Å². The van der Waals surface area contributed by atoms with Gasteiger partial charge in [0.15, 0.2) is 0 Å². The summed E-state index contributed by atoms with van der Waals surface area (Å²) in [4.78, 5) is 11.7. The van der Waals surface area contributed by atoms with E-state index < -0.39 is 5.60 Å². The van der Waals surface area contributed by atoms with Crippen molar-refractivity contribution in [2.75, 3.05) is 0 Å². The van der Waals surface area contributed by atoms with Gasteiger partial charge in [-0.1, -0.05) is 13.8 Å². The summed E-state index contributed by atoms with van der Waals surface area (Å²) < 4.78 is 11.2. The Kier molecular flexibility index (Phi) is 5.02. The Bertz CT molecular complexity index is 285. The summed E-state index contributed by atoms with van der Waals surface area (Å²) in [7, 11) is 0. The molecule has 1 fully saturated rings. The lowest BCUT2D eigenvalue weighted by Gasteiger charge is -2.39. The quantitative estimate of drug-likeness (QED) is 0.827. The number of amides is 1. The van der Waals surface area contributed by atoms with Crippen LogP contribution in [-0.4, -0.2) is 29.9 Å². The average molecular weight is 257 g/mol. The average Bonchev–Trinajstić information content (AvgIpc) is 2.20. The van der Waals surface area contributed by atoms with Crippen molar-refractivity contribution in [3.05, 3.63) is 0 Å². The van der Waals surface area contributed by atoms with Crippen LogP contribution in [0.2, 0.25) is 0 Å². The summed E-state index contributed by atoms with van der Waals surface area (Å²) in [5, 5.41) is 2.91. The normalized spacial score (nSPS) is 33.0. The molecule has 0 radical (unpaired) electrons. The van der Waals surface area contributed by atoms with Crippen LogP contribution >= 0.6 is 0 Å². The minimum absolute atomic E-state index is 0.0395. The molecule has 0 aromatic heterocycles. The molecule has 0 saturated carbocycles. The first-order valence-corrected chi connectivity index (χ1v) is 6.88. The van der Waals surface area contributed by atoms with Gasteiger partial charge in [-0.15, -0.1) is 0 Å². The summed E-state index contributed by atoms with van der Waals surface area (Å²) in [6, 6.07) is 0.0395. The molecule has 1 aliphatic rings. The molecule has 0 aromatic rings. The minimum Gasteiger partial charge on any atom is -0.444 e. The van der Waals surface area contributed by atoms with Crippen molar-refractivity contribution in [1.29, 1.82) is 0 Å². The highest BCUT2D eigenvalue weighted by Crippen LogP contribution is 2.27. The van der Waals surface area contributed by atoms with Crippen LogP contribution in [0.15, 0.2) is 0 Å². The van der Waals surface area contributed by atoms with Crippen molar-refractivity contribution < 1.29 is 14.3 Å². The van der Waals surface area contributed by atoms with E-state index in [1.807, 2.05) is 27.7 Å². The zero-order valence-corrected chi connectivity index (χ0v) is 12.4. The molecule has 1 aliphatic heterocycles. The molecule has 0 bridgehead atoms. The van der Waals surface area contributed by atoms with E-state index in [4.69, 9.17) is 9.47 Å². The number of ether oxygens (including phenoxy) is 2. The smallest absolute Gasteiger partial charge is 0.407 e. The van der Waals surface area contributed by atoms with Gasteiger partial charge in [-0.2, -0.15) is 0 Å². The Balaban J connectivity index is 2.50. The number of alkyl carbamates (subject to hydrolysis) is 1. The standard InChI is InChI=1S/C14H27NO3/c1-7-12-9(2)8-11(10(3)17-12)15-13(16)18-14(4,5)6/h9-12H,7-8H2,1-6H3,(H,15,16)/t9-,10+,11+,12-/m0/s1. The first-order valence-electron chi connectivity index (χ1n) is 6.88. The van der Waals surface area contributed by atoms with Gasteiger partial charge >= 0.3 is 6.09 Å². The first kappa shape index (κ1) is 15.3. The Morgan fingerprint density at radius 1 is 1.39 bits per heavy atom. The van der Waals surface area contributed by atoms with E-state index in [2.05, 4.69) is 19.2 Å². The second-order valence-electron chi connectivity index (χ2n) is 6.25. The third-order valence-corrected chi connectivity index (χ3v) is 3.32. The van der Waals surface area contributed by atoms with Crippen molar-refractivity contribution in [3.8, 4) is 0 Å². The highest BCUT2D eigenvalue weighted by molar-refractivity contribution is 5.68. The zero-order valence-electron chi connectivity index (χ0n) is 12.4. The zero-order chi connectivity index (χ0) is 13.9. The summed E-state index contributed by atoms with van der Waals surface area (Å²) >= 11 is 0. The van der Waals surface area contributed by atoms with Crippen LogP contribution in [0.4, 0.5) is 4.79 Å². The molecule has 0 unspecified atom stereocenters. The largest absolute Gasteiger partial charge is 0.444 e. The van der Waals surface area contributed by atoms with Crippen LogP contribution in [-0.2, 0) is 9.47 Å². The molecule has 1 N–H and O–H groups in total. The molecule has 4 nitrogen and oxygen atoms in total. The molecule has 1 saturated heterocycles.